The molecule has 0 radical (unpaired) electrons. The van der Waals surface area contributed by atoms with E-state index in [9.17, 15) is 14.4 Å². The molecule has 3 fully saturated rings. The largest absolute Gasteiger partial charge is 0.353 e. The number of hydrogen-bond donors (Lipinski definition) is 0. The molecule has 2 saturated heterocycles. The van der Waals surface area contributed by atoms with Crippen LogP contribution < -0.4 is 9.80 Å². The molecule has 4 amide bonds. The van der Waals surface area contributed by atoms with Crippen molar-refractivity contribution in [3.63, 3.8) is 0 Å². The Hall–Kier alpha value is -3.49. The number of hydrogen-bond acceptors (Lipinski definition) is 6. The number of pyridine rings is 2. The van der Waals surface area contributed by atoms with Crippen LogP contribution in [-0.4, -0.2) is 76.9 Å². The first-order valence-electron chi connectivity index (χ1n) is 11.5. The Labute approximate surface area is 193 Å². The number of imide groups is 1. The van der Waals surface area contributed by atoms with Crippen LogP contribution in [0.3, 0.4) is 0 Å². The summed E-state index contributed by atoms with van der Waals surface area (Å²) in [5, 5.41) is 0. The van der Waals surface area contributed by atoms with E-state index >= 15 is 0 Å². The highest BCUT2D eigenvalue weighted by atomic mass is 16.2. The summed E-state index contributed by atoms with van der Waals surface area (Å²) in [6, 6.07) is 5.24. The van der Waals surface area contributed by atoms with Crippen molar-refractivity contribution >= 4 is 29.5 Å². The quantitative estimate of drug-likeness (QED) is 0.714. The number of urea groups is 1. The van der Waals surface area contributed by atoms with Crippen LogP contribution in [0, 0.1) is 6.92 Å². The Balaban J connectivity index is 1.20. The average Bonchev–Trinajstić information content (AvgIpc) is 3.60. The van der Waals surface area contributed by atoms with Crippen LogP contribution in [0.25, 0.3) is 0 Å². The number of carbonyl (C=O) groups is 3. The summed E-state index contributed by atoms with van der Waals surface area (Å²) in [7, 11) is 0. The molecule has 0 bridgehead atoms. The minimum absolute atomic E-state index is 0.0689. The van der Waals surface area contributed by atoms with E-state index in [0.29, 0.717) is 43.5 Å². The Morgan fingerprint density at radius 1 is 0.970 bits per heavy atom. The first kappa shape index (κ1) is 21.4. The molecule has 0 atom stereocenters. The number of aromatic nitrogens is 2. The van der Waals surface area contributed by atoms with E-state index in [0.717, 1.165) is 18.9 Å². The lowest BCUT2D eigenvalue weighted by molar-refractivity contribution is -0.125. The Bertz CT molecular complexity index is 1090. The van der Waals surface area contributed by atoms with Crippen molar-refractivity contribution in [1.29, 1.82) is 0 Å². The number of anilines is 2. The molecule has 2 aromatic heterocycles. The molecule has 4 heterocycles. The van der Waals surface area contributed by atoms with Crippen LogP contribution in [0.4, 0.5) is 16.4 Å². The van der Waals surface area contributed by atoms with E-state index in [1.807, 2.05) is 11.1 Å². The summed E-state index contributed by atoms with van der Waals surface area (Å²) in [6.45, 7) is 6.92. The second-order valence-electron chi connectivity index (χ2n) is 8.97. The molecule has 0 aromatic carbocycles. The maximum absolute atomic E-state index is 13.0. The van der Waals surface area contributed by atoms with Crippen LogP contribution in [0.1, 0.15) is 47.2 Å². The maximum atomic E-state index is 13.0. The monoisotopic (exact) mass is 448 g/mol. The van der Waals surface area contributed by atoms with Gasteiger partial charge in [0.25, 0.3) is 5.91 Å². The molecule has 33 heavy (non-hydrogen) atoms. The molecule has 2 aromatic rings. The summed E-state index contributed by atoms with van der Waals surface area (Å²) in [4.78, 5) is 52.6. The third kappa shape index (κ3) is 4.15. The highest BCUT2D eigenvalue weighted by Crippen LogP contribution is 2.40. The zero-order valence-corrected chi connectivity index (χ0v) is 19.0. The zero-order valence-electron chi connectivity index (χ0n) is 19.0. The van der Waals surface area contributed by atoms with E-state index in [4.69, 9.17) is 4.98 Å². The van der Waals surface area contributed by atoms with Crippen molar-refractivity contribution in [2.75, 3.05) is 49.1 Å². The summed E-state index contributed by atoms with van der Waals surface area (Å²) in [6.07, 6.45) is 6.05. The predicted octanol–water partition coefficient (Wildman–Crippen LogP) is 2.41. The van der Waals surface area contributed by atoms with Gasteiger partial charge in [-0.1, -0.05) is 6.07 Å². The fourth-order valence-corrected chi connectivity index (χ4v) is 4.58. The average molecular weight is 449 g/mol. The molecule has 0 N–H and O–H groups in total. The third-order valence-corrected chi connectivity index (χ3v) is 6.65. The van der Waals surface area contributed by atoms with Crippen LogP contribution in [0.5, 0.6) is 0 Å². The van der Waals surface area contributed by atoms with Crippen LogP contribution >= 0.6 is 0 Å². The molecule has 3 aliphatic rings. The standard InChI is InChI=1S/C24H28N6O3/c1-16-13-20(18-3-4-18)15-26-22(16)27-7-9-28(10-8-27)23(32)19-5-6-21(25-14-19)30-12-11-29(17(2)31)24(30)33/h5-6,13-15,18H,3-4,7-12H2,1-2H3. The van der Waals surface area contributed by atoms with Gasteiger partial charge >= 0.3 is 6.03 Å². The number of amides is 4. The summed E-state index contributed by atoms with van der Waals surface area (Å²) >= 11 is 0. The van der Waals surface area contributed by atoms with E-state index in [1.165, 1.54) is 46.9 Å². The van der Waals surface area contributed by atoms with Gasteiger partial charge in [-0.3, -0.25) is 19.4 Å². The molecule has 9 nitrogen and oxygen atoms in total. The van der Waals surface area contributed by atoms with Crippen molar-refractivity contribution in [2.45, 2.75) is 32.6 Å². The van der Waals surface area contributed by atoms with E-state index in [1.54, 1.807) is 12.1 Å². The topological polar surface area (TPSA) is 90.0 Å². The van der Waals surface area contributed by atoms with Crippen LogP contribution in [0.2, 0.25) is 0 Å². The fourth-order valence-electron chi connectivity index (χ4n) is 4.58. The number of nitrogens with zero attached hydrogens (tertiary/aromatic N) is 6. The first-order chi connectivity index (χ1) is 15.9. The molecule has 172 valence electrons. The van der Waals surface area contributed by atoms with E-state index in [2.05, 4.69) is 22.9 Å². The van der Waals surface area contributed by atoms with Gasteiger partial charge in [0.1, 0.15) is 11.6 Å². The summed E-state index contributed by atoms with van der Waals surface area (Å²) in [5.74, 6) is 1.79. The van der Waals surface area contributed by atoms with Crippen molar-refractivity contribution < 1.29 is 14.4 Å². The van der Waals surface area contributed by atoms with Gasteiger partial charge in [0, 0.05) is 58.6 Å². The van der Waals surface area contributed by atoms with Gasteiger partial charge in [0.05, 0.1) is 5.56 Å². The predicted molar refractivity (Wildman–Crippen MR) is 123 cm³/mol. The Morgan fingerprint density at radius 3 is 2.30 bits per heavy atom. The van der Waals surface area contributed by atoms with Gasteiger partial charge < -0.3 is 9.80 Å². The molecule has 1 saturated carbocycles. The van der Waals surface area contributed by atoms with Gasteiger partial charge in [-0.15, -0.1) is 0 Å². The van der Waals surface area contributed by atoms with Gasteiger partial charge in [-0.25, -0.2) is 14.8 Å². The molecule has 0 unspecified atom stereocenters. The highest BCUT2D eigenvalue weighted by molar-refractivity contribution is 6.03. The number of aryl methyl sites for hydroxylation is 1. The van der Waals surface area contributed by atoms with Gasteiger partial charge in [0.15, 0.2) is 0 Å². The molecule has 9 heteroatoms. The number of piperazine rings is 1. The maximum Gasteiger partial charge on any atom is 0.332 e. The summed E-state index contributed by atoms with van der Waals surface area (Å²) < 4.78 is 0. The molecular weight excluding hydrogens is 420 g/mol. The second kappa shape index (κ2) is 8.46. The minimum atomic E-state index is -0.376. The van der Waals surface area contributed by atoms with Gasteiger partial charge in [0.2, 0.25) is 5.91 Å². The first-order valence-corrected chi connectivity index (χ1v) is 11.5. The molecule has 2 aliphatic heterocycles. The van der Waals surface area contributed by atoms with E-state index < -0.39 is 0 Å². The third-order valence-electron chi connectivity index (χ3n) is 6.65. The smallest absolute Gasteiger partial charge is 0.332 e. The lowest BCUT2D eigenvalue weighted by atomic mass is 10.1. The SMILES string of the molecule is CC(=O)N1CCN(c2ccc(C(=O)N3CCN(c4ncc(C5CC5)cc4C)CC3)cn2)C1=O. The number of rotatable bonds is 4. The van der Waals surface area contributed by atoms with Crippen molar-refractivity contribution in [1.82, 2.24) is 19.8 Å². The Kier molecular flexibility index (Phi) is 5.47. The second-order valence-corrected chi connectivity index (χ2v) is 8.97. The lowest BCUT2D eigenvalue weighted by Crippen LogP contribution is -2.49. The minimum Gasteiger partial charge on any atom is -0.353 e. The molecule has 5 rings (SSSR count). The molecular formula is C24H28N6O3. The normalized spacial score (nSPS) is 18.8. The van der Waals surface area contributed by atoms with E-state index in [-0.39, 0.29) is 17.8 Å². The molecule has 0 spiro atoms. The number of carbonyl (C=O) groups excluding carboxylic acids is 3. The molecule has 1 aliphatic carbocycles. The van der Waals surface area contributed by atoms with Crippen molar-refractivity contribution in [2.24, 2.45) is 0 Å². The van der Waals surface area contributed by atoms with Crippen LogP contribution in [-0.2, 0) is 4.79 Å². The van der Waals surface area contributed by atoms with Crippen molar-refractivity contribution in [3.8, 4) is 0 Å². The Morgan fingerprint density at radius 2 is 1.73 bits per heavy atom. The van der Waals surface area contributed by atoms with Crippen LogP contribution in [0.15, 0.2) is 30.6 Å². The van der Waals surface area contributed by atoms with Gasteiger partial charge in [-0.2, -0.15) is 0 Å². The zero-order chi connectivity index (χ0) is 23.1. The van der Waals surface area contributed by atoms with Gasteiger partial charge in [-0.05, 0) is 48.9 Å². The lowest BCUT2D eigenvalue weighted by Gasteiger charge is -2.36. The fraction of sp³-hybridized carbons (Fsp3) is 0.458. The highest BCUT2D eigenvalue weighted by Gasteiger charge is 2.33. The summed E-state index contributed by atoms with van der Waals surface area (Å²) in [5.41, 5.74) is 3.02. The van der Waals surface area contributed by atoms with Crippen molar-refractivity contribution in [3.05, 3.63) is 47.3 Å².